The molecule has 4 N–H and O–H groups in total. The second-order valence-electron chi connectivity index (χ2n) is 7.20. The largest absolute Gasteiger partial charge is 0.386 e. The molecule has 0 radical (unpaired) electrons. The molecule has 4 rings (SSSR count). The van der Waals surface area contributed by atoms with Crippen LogP contribution in [0.15, 0.2) is 63.6 Å². The third kappa shape index (κ3) is 4.11. The summed E-state index contributed by atoms with van der Waals surface area (Å²) < 4.78 is 0. The third-order valence-electron chi connectivity index (χ3n) is 4.92. The van der Waals surface area contributed by atoms with E-state index >= 15 is 0 Å². The minimum absolute atomic E-state index is 0.119. The van der Waals surface area contributed by atoms with Crippen molar-refractivity contribution in [1.82, 2.24) is 5.01 Å². The Morgan fingerprint density at radius 2 is 1.86 bits per heavy atom. The van der Waals surface area contributed by atoms with Gasteiger partial charge < -0.3 is 16.4 Å². The number of nitrogens with one attached hydrogen (secondary N) is 2. The molecular weight excluding hydrogens is 366 g/mol. The zero-order chi connectivity index (χ0) is 20.4. The summed E-state index contributed by atoms with van der Waals surface area (Å²) in [6.45, 7) is 1.98. The van der Waals surface area contributed by atoms with Crippen molar-refractivity contribution in [3.05, 3.63) is 59.7 Å². The Bertz CT molecular complexity index is 1030. The van der Waals surface area contributed by atoms with Crippen LogP contribution in [0.1, 0.15) is 11.1 Å². The highest BCUT2D eigenvalue weighted by Gasteiger charge is 2.39. The number of nitrogens with zero attached hydrogens (tertiary/aromatic N) is 4. The number of hydrazone groups is 1. The predicted molar refractivity (Wildman–Crippen MR) is 117 cm³/mol. The summed E-state index contributed by atoms with van der Waals surface area (Å²) in [5.41, 5.74) is 10.6. The molecule has 0 saturated carbocycles. The summed E-state index contributed by atoms with van der Waals surface area (Å²) in [4.78, 5) is 20.8. The molecule has 2 unspecified atom stereocenters. The summed E-state index contributed by atoms with van der Waals surface area (Å²) in [6, 6.07) is 15.1. The van der Waals surface area contributed by atoms with Gasteiger partial charge in [0, 0.05) is 24.8 Å². The molecule has 0 spiro atoms. The highest BCUT2D eigenvalue weighted by Crippen LogP contribution is 2.26. The first-order chi connectivity index (χ1) is 14.0. The van der Waals surface area contributed by atoms with Crippen LogP contribution in [0.4, 0.5) is 16.2 Å². The highest BCUT2D eigenvalue weighted by molar-refractivity contribution is 6.10. The first kappa shape index (κ1) is 18.7. The molecule has 2 atom stereocenters. The summed E-state index contributed by atoms with van der Waals surface area (Å²) >= 11 is 0. The van der Waals surface area contributed by atoms with Gasteiger partial charge in [0.2, 0.25) is 0 Å². The maximum absolute atomic E-state index is 12.3. The lowest BCUT2D eigenvalue weighted by Crippen LogP contribution is -2.41. The van der Waals surface area contributed by atoms with Crippen molar-refractivity contribution in [1.29, 1.82) is 0 Å². The van der Waals surface area contributed by atoms with Gasteiger partial charge in [-0.25, -0.2) is 14.8 Å². The lowest BCUT2D eigenvalue weighted by atomic mass is 9.94. The van der Waals surface area contributed by atoms with Crippen LogP contribution in [0.5, 0.6) is 0 Å². The molecule has 29 heavy (non-hydrogen) atoms. The van der Waals surface area contributed by atoms with E-state index in [1.165, 1.54) is 6.34 Å². The van der Waals surface area contributed by atoms with E-state index in [1.807, 2.05) is 67.5 Å². The first-order valence-corrected chi connectivity index (χ1v) is 9.38. The molecule has 2 heterocycles. The Morgan fingerprint density at radius 3 is 2.62 bits per heavy atom. The molecular formula is C21H23N7O. The summed E-state index contributed by atoms with van der Waals surface area (Å²) in [7, 11) is 1.88. The molecule has 2 aromatic rings. The average molecular weight is 389 g/mol. The number of fused-ring (bicyclic) bond motifs is 1. The van der Waals surface area contributed by atoms with Gasteiger partial charge in [0.05, 0.1) is 11.6 Å². The fourth-order valence-corrected chi connectivity index (χ4v) is 3.60. The lowest BCUT2D eigenvalue weighted by Gasteiger charge is -2.23. The normalized spacial score (nSPS) is 20.0. The maximum atomic E-state index is 12.3. The third-order valence-corrected chi connectivity index (χ3v) is 4.92. The fraction of sp³-hybridized carbons (Fsp3) is 0.238. The van der Waals surface area contributed by atoms with Gasteiger partial charge in [0.15, 0.2) is 6.17 Å². The van der Waals surface area contributed by atoms with Gasteiger partial charge in [-0.1, -0.05) is 24.3 Å². The Kier molecular flexibility index (Phi) is 4.99. The van der Waals surface area contributed by atoms with Gasteiger partial charge in [-0.2, -0.15) is 5.10 Å². The van der Waals surface area contributed by atoms with Crippen LogP contribution >= 0.6 is 0 Å². The molecule has 148 valence electrons. The molecule has 0 saturated heterocycles. The molecule has 2 aliphatic rings. The number of carbonyl (C=O) groups excluding carboxylic acids is 1. The monoisotopic (exact) mass is 389 g/mol. The smallest absolute Gasteiger partial charge is 0.323 e. The molecule has 0 fully saturated rings. The summed E-state index contributed by atoms with van der Waals surface area (Å²) in [5.74, 6) is 0.408. The van der Waals surface area contributed by atoms with Crippen LogP contribution in [0.2, 0.25) is 0 Å². The number of aliphatic imine (C=N–C) groups is 2. The molecule has 2 amide bonds. The SMILES string of the molecule is Cc1cccc(NC(=O)Nc2cccc(CC3=NN(C)C4N=CN=C(N)C34)c2)c1. The fourth-order valence-electron chi connectivity index (χ4n) is 3.60. The van der Waals surface area contributed by atoms with Crippen LogP contribution < -0.4 is 16.4 Å². The summed E-state index contributed by atoms with van der Waals surface area (Å²) in [5, 5.41) is 12.1. The zero-order valence-electron chi connectivity index (χ0n) is 16.3. The van der Waals surface area contributed by atoms with Gasteiger partial charge >= 0.3 is 6.03 Å². The second-order valence-corrected chi connectivity index (χ2v) is 7.20. The lowest BCUT2D eigenvalue weighted by molar-refractivity contribution is 0.262. The number of amides is 2. The number of carbonyl (C=O) groups is 1. The van der Waals surface area contributed by atoms with Crippen molar-refractivity contribution in [3.8, 4) is 0 Å². The van der Waals surface area contributed by atoms with Gasteiger partial charge in [0.25, 0.3) is 0 Å². The van der Waals surface area contributed by atoms with Gasteiger partial charge in [0.1, 0.15) is 12.2 Å². The van der Waals surface area contributed by atoms with Crippen molar-refractivity contribution in [2.75, 3.05) is 17.7 Å². The zero-order valence-corrected chi connectivity index (χ0v) is 16.3. The van der Waals surface area contributed by atoms with Crippen molar-refractivity contribution >= 4 is 35.3 Å². The van der Waals surface area contributed by atoms with Crippen molar-refractivity contribution < 1.29 is 4.79 Å². The van der Waals surface area contributed by atoms with Crippen molar-refractivity contribution in [2.45, 2.75) is 19.5 Å². The van der Waals surface area contributed by atoms with Crippen molar-refractivity contribution in [3.63, 3.8) is 0 Å². The van der Waals surface area contributed by atoms with Gasteiger partial charge in [-0.3, -0.25) is 5.01 Å². The van der Waals surface area contributed by atoms with Crippen LogP contribution in [-0.2, 0) is 6.42 Å². The molecule has 0 aromatic heterocycles. The van der Waals surface area contributed by atoms with Gasteiger partial charge in [-0.15, -0.1) is 0 Å². The first-order valence-electron chi connectivity index (χ1n) is 9.38. The Hall–Kier alpha value is -3.68. The molecule has 0 aliphatic carbocycles. The van der Waals surface area contributed by atoms with E-state index < -0.39 is 0 Å². The second kappa shape index (κ2) is 7.75. The number of benzene rings is 2. The Labute approximate surface area is 169 Å². The van der Waals surface area contributed by atoms with E-state index in [9.17, 15) is 4.79 Å². The van der Waals surface area contributed by atoms with Crippen molar-refractivity contribution in [2.24, 2.45) is 26.7 Å². The number of urea groups is 1. The van der Waals surface area contributed by atoms with E-state index in [0.29, 0.717) is 17.9 Å². The number of anilines is 2. The topological polar surface area (TPSA) is 107 Å². The van der Waals surface area contributed by atoms with E-state index in [-0.39, 0.29) is 18.1 Å². The van der Waals surface area contributed by atoms with E-state index in [4.69, 9.17) is 5.73 Å². The number of rotatable bonds is 4. The molecule has 0 bridgehead atoms. The standard InChI is InChI=1S/C21H23N7O/c1-13-5-3-7-15(9-13)25-21(29)26-16-8-4-6-14(10-16)11-17-18-19(22)23-12-24-20(18)28(2)27-17/h3-10,12,18,20H,11H2,1-2H3,(H2,22,23,24)(H2,25,26,29). The Morgan fingerprint density at radius 1 is 1.14 bits per heavy atom. The number of amidine groups is 1. The molecule has 8 nitrogen and oxygen atoms in total. The summed E-state index contributed by atoms with van der Waals surface area (Å²) in [6.07, 6.45) is 1.96. The Balaban J connectivity index is 1.44. The highest BCUT2D eigenvalue weighted by atomic mass is 16.2. The average Bonchev–Trinajstić information content (AvgIpc) is 2.99. The predicted octanol–water partition coefficient (Wildman–Crippen LogP) is 2.82. The molecule has 8 heteroatoms. The van der Waals surface area contributed by atoms with E-state index in [0.717, 1.165) is 22.5 Å². The maximum Gasteiger partial charge on any atom is 0.323 e. The minimum atomic E-state index is -0.288. The minimum Gasteiger partial charge on any atom is -0.386 e. The van der Waals surface area contributed by atoms with Gasteiger partial charge in [-0.05, 0) is 42.3 Å². The van der Waals surface area contributed by atoms with Crippen LogP contribution in [-0.4, -0.2) is 42.1 Å². The number of hydrogen-bond donors (Lipinski definition) is 3. The number of nitrogens with two attached hydrogens (primary N) is 1. The number of aryl methyl sites for hydroxylation is 1. The van der Waals surface area contributed by atoms with Crippen LogP contribution in [0.25, 0.3) is 0 Å². The quantitative estimate of drug-likeness (QED) is 0.748. The number of hydrogen-bond acceptors (Lipinski definition) is 6. The molecule has 2 aromatic carbocycles. The van der Waals surface area contributed by atoms with E-state index in [2.05, 4.69) is 25.7 Å². The molecule has 2 aliphatic heterocycles. The van der Waals surface area contributed by atoms with E-state index in [1.54, 1.807) is 0 Å². The van der Waals surface area contributed by atoms with Crippen LogP contribution in [0.3, 0.4) is 0 Å². The van der Waals surface area contributed by atoms with Crippen LogP contribution in [0, 0.1) is 12.8 Å².